The lowest BCUT2D eigenvalue weighted by Crippen LogP contribution is -2.18. The molecule has 0 aliphatic heterocycles. The van der Waals surface area contributed by atoms with E-state index in [-0.39, 0.29) is 10.8 Å². The normalized spacial score (nSPS) is 12.3. The fraction of sp³-hybridized carbons (Fsp3) is 0.684. The fourth-order valence-corrected chi connectivity index (χ4v) is 7.06. The minimum absolute atomic E-state index is 0.105. The van der Waals surface area contributed by atoms with Crippen LogP contribution in [-0.4, -0.2) is 10.2 Å². The van der Waals surface area contributed by atoms with Crippen LogP contribution in [-0.2, 0) is 23.7 Å². The lowest BCUT2D eigenvalue weighted by Gasteiger charge is -2.29. The van der Waals surface area contributed by atoms with E-state index in [2.05, 4.69) is 79.7 Å². The Labute approximate surface area is 258 Å². The van der Waals surface area contributed by atoms with Crippen LogP contribution in [0.15, 0.2) is 34.1 Å². The molecule has 0 atom stereocenters. The molecule has 2 aromatic carbocycles. The van der Waals surface area contributed by atoms with Crippen molar-refractivity contribution < 1.29 is 10.2 Å². The van der Waals surface area contributed by atoms with Crippen molar-refractivity contribution in [3.05, 3.63) is 46.5 Å². The van der Waals surface area contributed by atoms with E-state index in [0.717, 1.165) is 59.4 Å². The van der Waals surface area contributed by atoms with Gasteiger partial charge >= 0.3 is 0 Å². The first-order valence-corrected chi connectivity index (χ1v) is 17.7. The molecule has 3 heteroatoms. The van der Waals surface area contributed by atoms with Crippen LogP contribution in [0.5, 0.6) is 11.5 Å². The third kappa shape index (κ3) is 10.9. The fourth-order valence-electron chi connectivity index (χ4n) is 5.99. The molecule has 0 unspecified atom stereocenters. The van der Waals surface area contributed by atoms with Crippen molar-refractivity contribution in [1.29, 1.82) is 0 Å². The van der Waals surface area contributed by atoms with E-state index in [1.165, 1.54) is 75.3 Å². The van der Waals surface area contributed by atoms with E-state index in [0.29, 0.717) is 11.5 Å². The topological polar surface area (TPSA) is 40.5 Å². The summed E-state index contributed by atoms with van der Waals surface area (Å²) in [7, 11) is 0. The van der Waals surface area contributed by atoms with Crippen molar-refractivity contribution in [2.75, 3.05) is 0 Å². The summed E-state index contributed by atoms with van der Waals surface area (Å²) in [5.74, 6) is 0.797. The zero-order valence-corrected chi connectivity index (χ0v) is 28.7. The van der Waals surface area contributed by atoms with Gasteiger partial charge in [-0.15, -0.1) is 0 Å². The molecule has 41 heavy (non-hydrogen) atoms. The first kappa shape index (κ1) is 35.6. The molecule has 0 aromatic heterocycles. The van der Waals surface area contributed by atoms with Gasteiger partial charge < -0.3 is 10.2 Å². The average Bonchev–Trinajstić information content (AvgIpc) is 2.92. The van der Waals surface area contributed by atoms with Crippen LogP contribution in [0.2, 0.25) is 0 Å². The number of benzene rings is 2. The SMILES string of the molecule is CCCCCc1cc(Sc2cc(CCCCC)cc(C(C)(C)CCCCC)c2O)c(O)c(C(C)(C)CCCCC)c1. The zero-order valence-electron chi connectivity index (χ0n) is 27.9. The van der Waals surface area contributed by atoms with E-state index >= 15 is 0 Å². The molecule has 2 N–H and O–H groups in total. The highest BCUT2D eigenvalue weighted by molar-refractivity contribution is 7.99. The molecule has 232 valence electrons. The summed E-state index contributed by atoms with van der Waals surface area (Å²) in [4.78, 5) is 1.77. The predicted octanol–water partition coefficient (Wildman–Crippen LogP) is 12.4. The smallest absolute Gasteiger partial charge is 0.133 e. The zero-order chi connectivity index (χ0) is 30.5. The second-order valence-corrected chi connectivity index (χ2v) is 14.8. The minimum atomic E-state index is -0.105. The van der Waals surface area contributed by atoms with Crippen molar-refractivity contribution in [1.82, 2.24) is 0 Å². The van der Waals surface area contributed by atoms with Crippen LogP contribution in [0, 0.1) is 0 Å². The maximum atomic E-state index is 11.7. The molecular weight excluding hydrogens is 520 g/mol. The van der Waals surface area contributed by atoms with E-state index in [4.69, 9.17) is 0 Å². The molecule has 0 spiro atoms. The molecule has 0 bridgehead atoms. The molecule has 2 nitrogen and oxygen atoms in total. The van der Waals surface area contributed by atoms with E-state index < -0.39 is 0 Å². The number of hydrogen-bond donors (Lipinski definition) is 2. The highest BCUT2D eigenvalue weighted by Gasteiger charge is 2.29. The van der Waals surface area contributed by atoms with Crippen molar-refractivity contribution >= 4 is 11.8 Å². The van der Waals surface area contributed by atoms with Gasteiger partial charge in [0.05, 0.1) is 9.79 Å². The van der Waals surface area contributed by atoms with Gasteiger partial charge in [-0.05, 0) is 72.6 Å². The molecule has 0 saturated heterocycles. The molecule has 0 saturated carbocycles. The Morgan fingerprint density at radius 3 is 1.20 bits per heavy atom. The first-order valence-electron chi connectivity index (χ1n) is 16.9. The molecule has 0 heterocycles. The number of phenols is 2. The Kier molecular flexibility index (Phi) is 15.2. The Hall–Kier alpha value is -1.61. The largest absolute Gasteiger partial charge is 0.506 e. The Balaban J connectivity index is 2.59. The molecule has 0 radical (unpaired) electrons. The molecule has 0 aliphatic carbocycles. The Morgan fingerprint density at radius 2 is 0.854 bits per heavy atom. The van der Waals surface area contributed by atoms with Gasteiger partial charge in [-0.1, -0.05) is 143 Å². The molecule has 2 rings (SSSR count). The quantitative estimate of drug-likeness (QED) is 0.153. The summed E-state index contributed by atoms with van der Waals surface area (Å²) in [6.45, 7) is 18.1. The Bertz CT molecular complexity index is 969. The third-order valence-electron chi connectivity index (χ3n) is 8.90. The average molecular weight is 583 g/mol. The number of aromatic hydroxyl groups is 2. The van der Waals surface area contributed by atoms with Gasteiger partial charge in [0, 0.05) is 11.1 Å². The van der Waals surface area contributed by atoms with Crippen molar-refractivity contribution in [2.45, 2.75) is 179 Å². The number of phenolic OH excluding ortho intramolecular Hbond substituents is 2. The summed E-state index contributed by atoms with van der Waals surface area (Å²) >= 11 is 1.56. The van der Waals surface area contributed by atoms with E-state index in [9.17, 15) is 10.2 Å². The maximum absolute atomic E-state index is 11.7. The lowest BCUT2D eigenvalue weighted by molar-refractivity contribution is 0.399. The van der Waals surface area contributed by atoms with Crippen molar-refractivity contribution in [3.8, 4) is 11.5 Å². The maximum Gasteiger partial charge on any atom is 0.133 e. The van der Waals surface area contributed by atoms with Crippen molar-refractivity contribution in [2.24, 2.45) is 0 Å². The molecular formula is C38H62O2S. The highest BCUT2D eigenvalue weighted by atomic mass is 32.2. The number of hydrogen-bond acceptors (Lipinski definition) is 3. The lowest BCUT2D eigenvalue weighted by atomic mass is 9.78. The monoisotopic (exact) mass is 582 g/mol. The summed E-state index contributed by atoms with van der Waals surface area (Å²) < 4.78 is 0. The predicted molar refractivity (Wildman–Crippen MR) is 181 cm³/mol. The van der Waals surface area contributed by atoms with Gasteiger partial charge in [0.2, 0.25) is 0 Å². The third-order valence-corrected chi connectivity index (χ3v) is 9.96. The molecule has 0 aliphatic rings. The van der Waals surface area contributed by atoms with Gasteiger partial charge in [-0.3, -0.25) is 0 Å². The Morgan fingerprint density at radius 1 is 0.512 bits per heavy atom. The number of unbranched alkanes of at least 4 members (excludes halogenated alkanes) is 8. The van der Waals surface area contributed by atoms with Crippen LogP contribution in [0.4, 0.5) is 0 Å². The van der Waals surface area contributed by atoms with Gasteiger partial charge in [-0.2, -0.15) is 0 Å². The van der Waals surface area contributed by atoms with Crippen LogP contribution in [0.25, 0.3) is 0 Å². The van der Waals surface area contributed by atoms with Gasteiger partial charge in [0.1, 0.15) is 11.5 Å². The van der Waals surface area contributed by atoms with Crippen LogP contribution in [0.3, 0.4) is 0 Å². The first-order chi connectivity index (χ1) is 19.5. The van der Waals surface area contributed by atoms with Crippen LogP contribution < -0.4 is 0 Å². The highest BCUT2D eigenvalue weighted by Crippen LogP contribution is 2.48. The van der Waals surface area contributed by atoms with Gasteiger partial charge in [0.15, 0.2) is 0 Å². The van der Waals surface area contributed by atoms with Crippen LogP contribution in [0.1, 0.15) is 168 Å². The van der Waals surface area contributed by atoms with Gasteiger partial charge in [-0.25, -0.2) is 0 Å². The second kappa shape index (κ2) is 17.5. The molecule has 0 fully saturated rings. The molecule has 2 aromatic rings. The summed E-state index contributed by atoms with van der Waals surface area (Å²) in [6.07, 6.45) is 18.5. The van der Waals surface area contributed by atoms with Crippen LogP contribution >= 0.6 is 11.8 Å². The van der Waals surface area contributed by atoms with Gasteiger partial charge in [0.25, 0.3) is 0 Å². The summed E-state index contributed by atoms with van der Waals surface area (Å²) in [6, 6.07) is 8.92. The standard InChI is InChI=1S/C38H62O2S/c1-9-13-17-21-29-25-31(37(5,6)23-19-15-11-3)35(39)33(27-29)41-34-28-30(22-18-14-10-2)26-32(36(34)40)38(7,8)24-20-16-12-4/h25-28,39-40H,9-24H2,1-8H3. The van der Waals surface area contributed by atoms with Crippen molar-refractivity contribution in [3.63, 3.8) is 0 Å². The van der Waals surface area contributed by atoms with E-state index in [1.54, 1.807) is 11.8 Å². The number of rotatable bonds is 20. The number of aryl methyl sites for hydroxylation is 2. The summed E-state index contributed by atoms with van der Waals surface area (Å²) in [5.41, 5.74) is 4.51. The summed E-state index contributed by atoms with van der Waals surface area (Å²) in [5, 5.41) is 23.5. The van der Waals surface area contributed by atoms with E-state index in [1.807, 2.05) is 0 Å². The molecule has 0 amide bonds. The minimum Gasteiger partial charge on any atom is -0.506 e. The second-order valence-electron chi connectivity index (χ2n) is 13.7.